The Morgan fingerprint density at radius 2 is 2.16 bits per heavy atom. The molecule has 0 aromatic carbocycles. The van der Waals surface area contributed by atoms with Crippen LogP contribution in [0.15, 0.2) is 33.0 Å². The molecule has 0 radical (unpaired) electrons. The molecular formula is C17H15N3O2S3. The Kier molecular flexibility index (Phi) is 4.49. The molecule has 8 heteroatoms. The SMILES string of the molecule is Cc1sc2nc(CSCc3coc(-c4cccs4)n3)[nH]c(=O)c2c1C. The Morgan fingerprint density at radius 1 is 1.28 bits per heavy atom. The molecule has 0 aliphatic carbocycles. The molecule has 4 aromatic heterocycles. The highest BCUT2D eigenvalue weighted by molar-refractivity contribution is 7.97. The van der Waals surface area contributed by atoms with Crippen molar-refractivity contribution in [1.82, 2.24) is 15.0 Å². The molecule has 0 aliphatic rings. The first-order chi connectivity index (χ1) is 12.1. The van der Waals surface area contributed by atoms with Crippen LogP contribution in [0, 0.1) is 13.8 Å². The van der Waals surface area contributed by atoms with E-state index in [2.05, 4.69) is 15.0 Å². The molecule has 5 nitrogen and oxygen atoms in total. The van der Waals surface area contributed by atoms with Crippen LogP contribution in [-0.2, 0) is 11.5 Å². The summed E-state index contributed by atoms with van der Waals surface area (Å²) in [6, 6.07) is 3.97. The Bertz CT molecular complexity index is 1080. The molecular weight excluding hydrogens is 374 g/mol. The number of nitrogens with one attached hydrogen (secondary N) is 1. The topological polar surface area (TPSA) is 71.8 Å². The zero-order chi connectivity index (χ0) is 17.4. The highest BCUT2D eigenvalue weighted by Gasteiger charge is 2.12. The minimum absolute atomic E-state index is 0.0520. The summed E-state index contributed by atoms with van der Waals surface area (Å²) in [6.07, 6.45) is 1.69. The van der Waals surface area contributed by atoms with E-state index in [9.17, 15) is 4.79 Å². The van der Waals surface area contributed by atoms with Gasteiger partial charge in [-0.3, -0.25) is 4.79 Å². The predicted molar refractivity (Wildman–Crippen MR) is 105 cm³/mol. The van der Waals surface area contributed by atoms with Gasteiger partial charge in [0.2, 0.25) is 5.89 Å². The quantitative estimate of drug-likeness (QED) is 0.533. The standard InChI is InChI=1S/C17H15N3O2S3/c1-9-10(2)25-17-14(9)15(21)19-13(20-17)8-23-7-11-6-22-16(18-11)12-4-3-5-24-12/h3-6H,7-8H2,1-2H3,(H,19,20,21). The van der Waals surface area contributed by atoms with Crippen LogP contribution in [0.25, 0.3) is 21.0 Å². The summed E-state index contributed by atoms with van der Waals surface area (Å²) < 4.78 is 5.52. The average molecular weight is 390 g/mol. The third kappa shape index (κ3) is 3.29. The van der Waals surface area contributed by atoms with Gasteiger partial charge < -0.3 is 9.40 Å². The van der Waals surface area contributed by atoms with Gasteiger partial charge in [-0.25, -0.2) is 9.97 Å². The van der Waals surface area contributed by atoms with Crippen LogP contribution in [-0.4, -0.2) is 15.0 Å². The largest absolute Gasteiger partial charge is 0.444 e. The Labute approximate surface area is 156 Å². The number of aromatic amines is 1. The molecule has 4 rings (SSSR count). The third-order valence-electron chi connectivity index (χ3n) is 3.86. The van der Waals surface area contributed by atoms with Crippen LogP contribution in [0.5, 0.6) is 0 Å². The lowest BCUT2D eigenvalue weighted by molar-refractivity contribution is 0.575. The average Bonchev–Trinajstić information content (AvgIpc) is 3.29. The van der Waals surface area contributed by atoms with Crippen LogP contribution in [0.4, 0.5) is 0 Å². The van der Waals surface area contributed by atoms with Gasteiger partial charge in [0, 0.05) is 10.6 Å². The van der Waals surface area contributed by atoms with Gasteiger partial charge in [-0.2, -0.15) is 0 Å². The first-order valence-corrected chi connectivity index (χ1v) is 10.5. The Hall–Kier alpha value is -1.90. The molecule has 25 heavy (non-hydrogen) atoms. The van der Waals surface area contributed by atoms with Gasteiger partial charge in [0.25, 0.3) is 5.56 Å². The molecule has 128 valence electrons. The van der Waals surface area contributed by atoms with E-state index in [-0.39, 0.29) is 5.56 Å². The number of thiophene rings is 2. The summed E-state index contributed by atoms with van der Waals surface area (Å²) in [6.45, 7) is 3.99. The van der Waals surface area contributed by atoms with E-state index in [0.717, 1.165) is 25.8 Å². The van der Waals surface area contributed by atoms with Crippen molar-refractivity contribution < 1.29 is 4.42 Å². The lowest BCUT2D eigenvalue weighted by Gasteiger charge is -2.00. The van der Waals surface area contributed by atoms with Gasteiger partial charge in [-0.15, -0.1) is 34.4 Å². The number of thioether (sulfide) groups is 1. The molecule has 0 atom stereocenters. The molecule has 0 spiro atoms. The van der Waals surface area contributed by atoms with Gasteiger partial charge in [0.15, 0.2) is 0 Å². The van der Waals surface area contributed by atoms with Crippen molar-refractivity contribution in [1.29, 1.82) is 0 Å². The lowest BCUT2D eigenvalue weighted by Crippen LogP contribution is -2.10. The number of aryl methyl sites for hydroxylation is 2. The van der Waals surface area contributed by atoms with Gasteiger partial charge in [0.1, 0.15) is 16.9 Å². The normalized spacial score (nSPS) is 11.4. The summed E-state index contributed by atoms with van der Waals surface area (Å²) in [7, 11) is 0. The summed E-state index contributed by atoms with van der Waals surface area (Å²) in [5, 5.41) is 2.72. The second-order valence-electron chi connectivity index (χ2n) is 5.59. The summed E-state index contributed by atoms with van der Waals surface area (Å²) in [5.41, 5.74) is 1.86. The minimum atomic E-state index is -0.0520. The number of H-pyrrole nitrogens is 1. The molecule has 4 aromatic rings. The molecule has 0 amide bonds. The van der Waals surface area contributed by atoms with Crippen molar-refractivity contribution in [2.45, 2.75) is 25.4 Å². The maximum atomic E-state index is 12.3. The highest BCUT2D eigenvalue weighted by Crippen LogP contribution is 2.27. The van der Waals surface area contributed by atoms with Crippen molar-refractivity contribution in [3.63, 3.8) is 0 Å². The van der Waals surface area contributed by atoms with Crippen molar-refractivity contribution >= 4 is 44.7 Å². The monoisotopic (exact) mass is 389 g/mol. The Balaban J connectivity index is 1.45. The van der Waals surface area contributed by atoms with E-state index in [1.54, 1.807) is 40.7 Å². The number of nitrogens with zero attached hydrogens (tertiary/aromatic N) is 2. The van der Waals surface area contributed by atoms with Gasteiger partial charge in [-0.05, 0) is 30.9 Å². The number of oxazole rings is 1. The first-order valence-electron chi connectivity index (χ1n) is 7.66. The first kappa shape index (κ1) is 16.6. The van der Waals surface area contributed by atoms with E-state index in [4.69, 9.17) is 4.42 Å². The third-order valence-corrected chi connectivity index (χ3v) is 6.80. The maximum absolute atomic E-state index is 12.3. The van der Waals surface area contributed by atoms with Crippen molar-refractivity contribution in [3.8, 4) is 10.8 Å². The van der Waals surface area contributed by atoms with E-state index >= 15 is 0 Å². The van der Waals surface area contributed by atoms with E-state index in [0.29, 0.717) is 28.6 Å². The summed E-state index contributed by atoms with van der Waals surface area (Å²) in [4.78, 5) is 27.2. The summed E-state index contributed by atoms with van der Waals surface area (Å²) >= 11 is 4.83. The molecule has 0 unspecified atom stereocenters. The van der Waals surface area contributed by atoms with Crippen LogP contribution in [0.1, 0.15) is 22.0 Å². The maximum Gasteiger partial charge on any atom is 0.259 e. The number of aromatic nitrogens is 3. The van der Waals surface area contributed by atoms with Crippen molar-refractivity contribution in [2.75, 3.05) is 0 Å². The molecule has 0 aliphatic heterocycles. The second-order valence-corrected chi connectivity index (χ2v) is 8.73. The van der Waals surface area contributed by atoms with Crippen LogP contribution in [0.2, 0.25) is 0 Å². The second kappa shape index (κ2) is 6.78. The molecule has 1 N–H and O–H groups in total. The minimum Gasteiger partial charge on any atom is -0.444 e. The molecule has 0 bridgehead atoms. The molecule has 4 heterocycles. The number of fused-ring (bicyclic) bond motifs is 1. The van der Waals surface area contributed by atoms with Crippen LogP contribution >= 0.6 is 34.4 Å². The van der Waals surface area contributed by atoms with E-state index < -0.39 is 0 Å². The smallest absolute Gasteiger partial charge is 0.259 e. The molecule has 0 saturated heterocycles. The molecule has 0 fully saturated rings. The Morgan fingerprint density at radius 3 is 2.96 bits per heavy atom. The van der Waals surface area contributed by atoms with Gasteiger partial charge >= 0.3 is 0 Å². The van der Waals surface area contributed by atoms with Gasteiger partial charge in [-0.1, -0.05) is 6.07 Å². The van der Waals surface area contributed by atoms with Gasteiger partial charge in [0.05, 0.1) is 21.7 Å². The zero-order valence-corrected chi connectivity index (χ0v) is 16.1. The van der Waals surface area contributed by atoms with E-state index in [1.807, 2.05) is 31.4 Å². The van der Waals surface area contributed by atoms with Crippen LogP contribution in [0.3, 0.4) is 0 Å². The number of hydrogen-bond donors (Lipinski definition) is 1. The van der Waals surface area contributed by atoms with E-state index in [1.165, 1.54) is 0 Å². The molecule has 0 saturated carbocycles. The fourth-order valence-corrected chi connectivity index (χ4v) is 4.98. The number of hydrogen-bond acceptors (Lipinski definition) is 7. The fraction of sp³-hybridized carbons (Fsp3) is 0.235. The van der Waals surface area contributed by atoms with Crippen molar-refractivity contribution in [2.24, 2.45) is 0 Å². The highest BCUT2D eigenvalue weighted by atomic mass is 32.2. The fourth-order valence-electron chi connectivity index (χ4n) is 2.51. The number of rotatable bonds is 5. The van der Waals surface area contributed by atoms with Crippen LogP contribution < -0.4 is 5.56 Å². The summed E-state index contributed by atoms with van der Waals surface area (Å²) in [5.74, 6) is 2.69. The lowest BCUT2D eigenvalue weighted by atomic mass is 10.2. The predicted octanol–water partition coefficient (Wildman–Crippen LogP) is 4.75. The van der Waals surface area contributed by atoms with Crippen molar-refractivity contribution in [3.05, 3.63) is 56.1 Å². The zero-order valence-electron chi connectivity index (χ0n) is 13.7.